The standard InChI is InChI=1S/C16H19N7O/c1-22-12(6-9-19-22)11-23-10-3-2-5-13(23)16-20-15(21-24-16)14-17-7-4-8-18-14/h4,6-9,13H,2-3,5,10-11H2,1H3. The second kappa shape index (κ2) is 6.48. The quantitative estimate of drug-likeness (QED) is 0.725. The van der Waals surface area contributed by atoms with Gasteiger partial charge in [0.05, 0.1) is 11.7 Å². The average molecular weight is 325 g/mol. The Morgan fingerprint density at radius 1 is 1.17 bits per heavy atom. The molecular formula is C16H19N7O. The lowest BCUT2D eigenvalue weighted by molar-refractivity contribution is 0.109. The van der Waals surface area contributed by atoms with Crippen molar-refractivity contribution in [1.29, 1.82) is 0 Å². The molecule has 0 bridgehead atoms. The first kappa shape index (κ1) is 14.9. The molecule has 4 rings (SSSR count). The summed E-state index contributed by atoms with van der Waals surface area (Å²) in [5.41, 5.74) is 1.17. The van der Waals surface area contributed by atoms with E-state index in [0.717, 1.165) is 25.9 Å². The molecule has 1 atom stereocenters. The van der Waals surface area contributed by atoms with Crippen molar-refractivity contribution in [1.82, 2.24) is 34.8 Å². The highest BCUT2D eigenvalue weighted by Gasteiger charge is 2.29. The average Bonchev–Trinajstić information content (AvgIpc) is 3.26. The van der Waals surface area contributed by atoms with Gasteiger partial charge in [0.1, 0.15) is 0 Å². The Balaban J connectivity index is 1.57. The number of aromatic nitrogens is 6. The third-order valence-corrected chi connectivity index (χ3v) is 4.39. The van der Waals surface area contributed by atoms with Gasteiger partial charge in [0.15, 0.2) is 0 Å². The molecule has 1 aliphatic rings. The highest BCUT2D eigenvalue weighted by molar-refractivity contribution is 5.40. The van der Waals surface area contributed by atoms with Gasteiger partial charge in [-0.1, -0.05) is 11.6 Å². The molecule has 1 saturated heterocycles. The Morgan fingerprint density at radius 3 is 2.83 bits per heavy atom. The van der Waals surface area contributed by atoms with Crippen LogP contribution < -0.4 is 0 Å². The largest absolute Gasteiger partial charge is 0.337 e. The van der Waals surface area contributed by atoms with Gasteiger partial charge in [-0.2, -0.15) is 10.1 Å². The van der Waals surface area contributed by atoms with Crippen LogP contribution in [0.2, 0.25) is 0 Å². The highest BCUT2D eigenvalue weighted by Crippen LogP contribution is 2.31. The summed E-state index contributed by atoms with van der Waals surface area (Å²) in [4.78, 5) is 15.3. The van der Waals surface area contributed by atoms with Crippen LogP contribution in [-0.4, -0.2) is 41.3 Å². The van der Waals surface area contributed by atoms with Gasteiger partial charge in [0.25, 0.3) is 0 Å². The zero-order chi connectivity index (χ0) is 16.4. The van der Waals surface area contributed by atoms with Crippen molar-refractivity contribution in [3.8, 4) is 11.6 Å². The van der Waals surface area contributed by atoms with Gasteiger partial charge in [0.2, 0.25) is 17.5 Å². The van der Waals surface area contributed by atoms with Gasteiger partial charge in [-0.15, -0.1) is 0 Å². The summed E-state index contributed by atoms with van der Waals surface area (Å²) in [7, 11) is 1.96. The van der Waals surface area contributed by atoms with E-state index >= 15 is 0 Å². The van der Waals surface area contributed by atoms with Crippen LogP contribution in [0.1, 0.15) is 36.9 Å². The number of nitrogens with zero attached hydrogens (tertiary/aromatic N) is 7. The minimum atomic E-state index is 0.124. The zero-order valence-corrected chi connectivity index (χ0v) is 13.5. The van der Waals surface area contributed by atoms with Crippen LogP contribution in [0.5, 0.6) is 0 Å². The molecule has 0 spiro atoms. The van der Waals surface area contributed by atoms with Gasteiger partial charge < -0.3 is 4.52 Å². The van der Waals surface area contributed by atoms with Crippen LogP contribution in [0.4, 0.5) is 0 Å². The predicted octanol–water partition coefficient (Wildman–Crippen LogP) is 1.99. The normalized spacial score (nSPS) is 18.8. The molecule has 0 N–H and O–H groups in total. The van der Waals surface area contributed by atoms with Crippen LogP contribution >= 0.6 is 0 Å². The van der Waals surface area contributed by atoms with E-state index in [1.807, 2.05) is 24.0 Å². The van der Waals surface area contributed by atoms with E-state index in [-0.39, 0.29) is 6.04 Å². The highest BCUT2D eigenvalue weighted by atomic mass is 16.5. The number of rotatable bonds is 4. The van der Waals surface area contributed by atoms with E-state index in [4.69, 9.17) is 4.52 Å². The Bertz CT molecular complexity index is 798. The van der Waals surface area contributed by atoms with Crippen molar-refractivity contribution in [3.05, 3.63) is 42.3 Å². The Labute approximate surface area is 139 Å². The minimum Gasteiger partial charge on any atom is -0.337 e. The van der Waals surface area contributed by atoms with E-state index < -0.39 is 0 Å². The summed E-state index contributed by atoms with van der Waals surface area (Å²) in [6, 6.07) is 3.93. The maximum Gasteiger partial charge on any atom is 0.244 e. The Hall–Kier alpha value is -2.61. The lowest BCUT2D eigenvalue weighted by atomic mass is 10.0. The van der Waals surface area contributed by atoms with Crippen molar-refractivity contribution < 1.29 is 4.52 Å². The van der Waals surface area contributed by atoms with Crippen LogP contribution in [-0.2, 0) is 13.6 Å². The van der Waals surface area contributed by atoms with Crippen molar-refractivity contribution in [2.45, 2.75) is 31.8 Å². The van der Waals surface area contributed by atoms with E-state index in [9.17, 15) is 0 Å². The first-order chi connectivity index (χ1) is 11.8. The fraction of sp³-hybridized carbons (Fsp3) is 0.438. The molecule has 8 nitrogen and oxygen atoms in total. The van der Waals surface area contributed by atoms with E-state index in [1.165, 1.54) is 12.1 Å². The monoisotopic (exact) mass is 325 g/mol. The summed E-state index contributed by atoms with van der Waals surface area (Å²) in [5.74, 6) is 1.57. The molecule has 0 amide bonds. The van der Waals surface area contributed by atoms with Crippen molar-refractivity contribution in [2.75, 3.05) is 6.54 Å². The Kier molecular flexibility index (Phi) is 4.04. The summed E-state index contributed by atoms with van der Waals surface area (Å²) in [6.07, 6.45) is 8.52. The maximum absolute atomic E-state index is 5.53. The second-order valence-corrected chi connectivity index (χ2v) is 5.96. The summed E-state index contributed by atoms with van der Waals surface area (Å²) in [5, 5.41) is 8.30. The molecule has 1 aliphatic heterocycles. The molecule has 1 fully saturated rings. The first-order valence-corrected chi connectivity index (χ1v) is 8.13. The van der Waals surface area contributed by atoms with Crippen LogP contribution in [0, 0.1) is 0 Å². The maximum atomic E-state index is 5.53. The predicted molar refractivity (Wildman–Crippen MR) is 85.5 cm³/mol. The Morgan fingerprint density at radius 2 is 2.04 bits per heavy atom. The number of aryl methyl sites for hydroxylation is 1. The third kappa shape index (κ3) is 2.92. The lowest BCUT2D eigenvalue weighted by Gasteiger charge is -2.33. The zero-order valence-electron chi connectivity index (χ0n) is 13.5. The number of piperidine rings is 1. The fourth-order valence-electron chi connectivity index (χ4n) is 3.10. The summed E-state index contributed by atoms with van der Waals surface area (Å²) >= 11 is 0. The summed E-state index contributed by atoms with van der Waals surface area (Å²) < 4.78 is 7.44. The van der Waals surface area contributed by atoms with E-state index in [2.05, 4.69) is 30.1 Å². The minimum absolute atomic E-state index is 0.124. The molecule has 0 saturated carbocycles. The topological polar surface area (TPSA) is 85.8 Å². The van der Waals surface area contributed by atoms with Crippen LogP contribution in [0.15, 0.2) is 35.2 Å². The van der Waals surface area contributed by atoms with Crippen molar-refractivity contribution in [3.63, 3.8) is 0 Å². The number of likely N-dealkylation sites (tertiary alicyclic amines) is 1. The first-order valence-electron chi connectivity index (χ1n) is 8.13. The van der Waals surface area contributed by atoms with Gasteiger partial charge >= 0.3 is 0 Å². The van der Waals surface area contributed by atoms with Crippen LogP contribution in [0.25, 0.3) is 11.6 Å². The van der Waals surface area contributed by atoms with Gasteiger partial charge in [-0.05, 0) is 31.5 Å². The SMILES string of the molecule is Cn1nccc1CN1CCCCC1c1nc(-c2ncccn2)no1. The van der Waals surface area contributed by atoms with E-state index in [1.54, 1.807) is 18.5 Å². The molecule has 8 heteroatoms. The van der Waals surface area contributed by atoms with Crippen molar-refractivity contribution >= 4 is 0 Å². The fourth-order valence-corrected chi connectivity index (χ4v) is 3.10. The third-order valence-electron chi connectivity index (χ3n) is 4.39. The molecule has 24 heavy (non-hydrogen) atoms. The molecular weight excluding hydrogens is 306 g/mol. The second-order valence-electron chi connectivity index (χ2n) is 5.96. The molecule has 3 aromatic rings. The van der Waals surface area contributed by atoms with Gasteiger partial charge in [0, 0.05) is 32.2 Å². The van der Waals surface area contributed by atoms with Crippen molar-refractivity contribution in [2.24, 2.45) is 7.05 Å². The van der Waals surface area contributed by atoms with Gasteiger partial charge in [-0.3, -0.25) is 9.58 Å². The smallest absolute Gasteiger partial charge is 0.244 e. The molecule has 124 valence electrons. The molecule has 0 aliphatic carbocycles. The summed E-state index contributed by atoms with van der Waals surface area (Å²) in [6.45, 7) is 1.83. The number of hydrogen-bond donors (Lipinski definition) is 0. The molecule has 1 unspecified atom stereocenters. The van der Waals surface area contributed by atoms with Crippen LogP contribution in [0.3, 0.4) is 0 Å². The molecule has 4 heterocycles. The number of hydrogen-bond acceptors (Lipinski definition) is 7. The van der Waals surface area contributed by atoms with E-state index in [0.29, 0.717) is 17.5 Å². The van der Waals surface area contributed by atoms with Gasteiger partial charge in [-0.25, -0.2) is 9.97 Å². The molecule has 0 aromatic carbocycles. The lowest BCUT2D eigenvalue weighted by Crippen LogP contribution is -2.33. The molecule has 3 aromatic heterocycles. The molecule has 0 radical (unpaired) electrons.